The molecule has 1 aromatic rings. The Morgan fingerprint density at radius 1 is 1.22 bits per heavy atom. The molecule has 98 valence electrons. The second-order valence-electron chi connectivity index (χ2n) is 4.93. The molecule has 1 N–H and O–H groups in total. The van der Waals surface area contributed by atoms with Crippen molar-refractivity contribution in [3.05, 3.63) is 18.2 Å². The molecule has 0 aliphatic carbocycles. The monoisotopic (exact) mass is 248 g/mol. The van der Waals surface area contributed by atoms with E-state index in [0.29, 0.717) is 6.04 Å². The summed E-state index contributed by atoms with van der Waals surface area (Å²) in [6.45, 7) is 6.85. The van der Waals surface area contributed by atoms with Crippen LogP contribution in [0.2, 0.25) is 0 Å². The lowest BCUT2D eigenvalue weighted by molar-refractivity contribution is 0.297. The zero-order chi connectivity index (χ0) is 12.4. The summed E-state index contributed by atoms with van der Waals surface area (Å²) in [5.41, 5.74) is 1.23. The number of hydrogen-bond donors (Lipinski definition) is 1. The first-order chi connectivity index (χ1) is 8.84. The summed E-state index contributed by atoms with van der Waals surface area (Å²) >= 11 is 0. The molecular weight excluding hydrogens is 228 g/mol. The third-order valence-electron chi connectivity index (χ3n) is 3.56. The van der Waals surface area contributed by atoms with Crippen LogP contribution in [0.5, 0.6) is 11.5 Å². The Morgan fingerprint density at radius 2 is 2.06 bits per heavy atom. The van der Waals surface area contributed by atoms with Gasteiger partial charge in [-0.2, -0.15) is 0 Å². The van der Waals surface area contributed by atoms with Gasteiger partial charge in [0.1, 0.15) is 0 Å². The molecule has 1 fully saturated rings. The summed E-state index contributed by atoms with van der Waals surface area (Å²) in [6, 6.07) is 6.80. The molecule has 2 aliphatic heterocycles. The predicted octanol–water partition coefficient (Wildman–Crippen LogP) is 1.65. The molecule has 4 nitrogen and oxygen atoms in total. The maximum absolute atomic E-state index is 5.75. The van der Waals surface area contributed by atoms with Crippen LogP contribution in [0.4, 0.5) is 5.69 Å². The van der Waals surface area contributed by atoms with E-state index in [2.05, 4.69) is 29.3 Å². The summed E-state index contributed by atoms with van der Waals surface area (Å²) in [5, 5.41) is 3.41. The average molecular weight is 248 g/mol. The third-order valence-corrected chi connectivity index (χ3v) is 3.56. The summed E-state index contributed by atoms with van der Waals surface area (Å²) < 4.78 is 11.4. The quantitative estimate of drug-likeness (QED) is 0.819. The Hall–Kier alpha value is -1.42. The lowest BCUT2D eigenvalue weighted by atomic mass is 10.1. The van der Waals surface area contributed by atoms with Crippen molar-refractivity contribution in [2.24, 2.45) is 0 Å². The predicted molar refractivity (Wildman–Crippen MR) is 71.7 cm³/mol. The minimum Gasteiger partial charge on any atom is -0.490 e. The van der Waals surface area contributed by atoms with E-state index in [1.165, 1.54) is 5.69 Å². The Balaban J connectivity index is 1.86. The van der Waals surface area contributed by atoms with Gasteiger partial charge < -0.3 is 19.7 Å². The number of fused-ring (bicyclic) bond motifs is 1. The standard InChI is InChI=1S/C14H20N2O2/c1-11-10-15-5-6-16(11)12-3-4-13-14(9-12)18-8-2-7-17-13/h3-4,9,11,15H,2,5-8,10H2,1H3. The largest absolute Gasteiger partial charge is 0.490 e. The van der Waals surface area contributed by atoms with Gasteiger partial charge in [-0.05, 0) is 19.1 Å². The highest BCUT2D eigenvalue weighted by Crippen LogP contribution is 2.34. The van der Waals surface area contributed by atoms with Crippen LogP contribution in [-0.2, 0) is 0 Å². The van der Waals surface area contributed by atoms with Crippen molar-refractivity contribution in [2.45, 2.75) is 19.4 Å². The van der Waals surface area contributed by atoms with E-state index in [9.17, 15) is 0 Å². The van der Waals surface area contributed by atoms with Gasteiger partial charge in [0.25, 0.3) is 0 Å². The fourth-order valence-corrected chi connectivity index (χ4v) is 2.56. The first-order valence-electron chi connectivity index (χ1n) is 6.71. The molecule has 0 amide bonds. The van der Waals surface area contributed by atoms with E-state index in [1.807, 2.05) is 6.07 Å². The second kappa shape index (κ2) is 5.06. The van der Waals surface area contributed by atoms with Gasteiger partial charge in [-0.25, -0.2) is 0 Å². The fraction of sp³-hybridized carbons (Fsp3) is 0.571. The van der Waals surface area contributed by atoms with Crippen LogP contribution in [0.1, 0.15) is 13.3 Å². The maximum atomic E-state index is 5.75. The molecule has 0 aromatic heterocycles. The van der Waals surface area contributed by atoms with Gasteiger partial charge in [0, 0.05) is 43.9 Å². The van der Waals surface area contributed by atoms with Crippen molar-refractivity contribution in [2.75, 3.05) is 37.7 Å². The van der Waals surface area contributed by atoms with Gasteiger partial charge >= 0.3 is 0 Å². The fourth-order valence-electron chi connectivity index (χ4n) is 2.56. The highest BCUT2D eigenvalue weighted by Gasteiger charge is 2.20. The molecule has 0 radical (unpaired) electrons. The van der Waals surface area contributed by atoms with Crippen LogP contribution in [0.25, 0.3) is 0 Å². The van der Waals surface area contributed by atoms with E-state index in [0.717, 1.165) is 50.8 Å². The highest BCUT2D eigenvalue weighted by atomic mass is 16.5. The number of ether oxygens (including phenoxy) is 2. The molecule has 4 heteroatoms. The third kappa shape index (κ3) is 2.25. The summed E-state index contributed by atoms with van der Waals surface area (Å²) in [4.78, 5) is 2.42. The molecule has 0 bridgehead atoms. The topological polar surface area (TPSA) is 33.7 Å². The van der Waals surface area contributed by atoms with E-state index >= 15 is 0 Å². The number of anilines is 1. The molecule has 0 saturated carbocycles. The first-order valence-corrected chi connectivity index (χ1v) is 6.71. The second-order valence-corrected chi connectivity index (χ2v) is 4.93. The summed E-state index contributed by atoms with van der Waals surface area (Å²) in [5.74, 6) is 1.76. The molecule has 1 aromatic carbocycles. The van der Waals surface area contributed by atoms with Crippen LogP contribution in [0.3, 0.4) is 0 Å². The molecule has 18 heavy (non-hydrogen) atoms. The van der Waals surface area contributed by atoms with Crippen molar-refractivity contribution >= 4 is 5.69 Å². The van der Waals surface area contributed by atoms with Gasteiger partial charge in [0.15, 0.2) is 11.5 Å². The summed E-state index contributed by atoms with van der Waals surface area (Å²) in [7, 11) is 0. The van der Waals surface area contributed by atoms with E-state index < -0.39 is 0 Å². The van der Waals surface area contributed by atoms with Gasteiger partial charge in [0.2, 0.25) is 0 Å². The Morgan fingerprint density at radius 3 is 2.89 bits per heavy atom. The van der Waals surface area contributed by atoms with Gasteiger partial charge in [0.05, 0.1) is 13.2 Å². The normalized spacial score (nSPS) is 23.6. The van der Waals surface area contributed by atoms with Gasteiger partial charge in [-0.1, -0.05) is 0 Å². The molecule has 1 unspecified atom stereocenters. The van der Waals surface area contributed by atoms with Crippen LogP contribution in [-0.4, -0.2) is 38.9 Å². The molecular formula is C14H20N2O2. The number of hydrogen-bond acceptors (Lipinski definition) is 4. The first kappa shape index (κ1) is 11.7. The lowest BCUT2D eigenvalue weighted by Crippen LogP contribution is -2.49. The SMILES string of the molecule is CC1CNCCN1c1ccc2c(c1)OCCCO2. The van der Waals surface area contributed by atoms with Crippen LogP contribution in [0.15, 0.2) is 18.2 Å². The molecule has 1 saturated heterocycles. The Bertz CT molecular complexity index is 422. The molecule has 2 aliphatic rings. The van der Waals surface area contributed by atoms with Crippen molar-refractivity contribution in [1.29, 1.82) is 0 Å². The van der Waals surface area contributed by atoms with Crippen molar-refractivity contribution in [3.63, 3.8) is 0 Å². The van der Waals surface area contributed by atoms with E-state index in [-0.39, 0.29) is 0 Å². The smallest absolute Gasteiger partial charge is 0.163 e. The van der Waals surface area contributed by atoms with Crippen LogP contribution < -0.4 is 19.7 Å². The average Bonchev–Trinajstić information content (AvgIpc) is 2.63. The zero-order valence-electron chi connectivity index (χ0n) is 10.8. The number of nitrogens with zero attached hydrogens (tertiary/aromatic N) is 1. The van der Waals surface area contributed by atoms with Crippen molar-refractivity contribution in [3.8, 4) is 11.5 Å². The van der Waals surface area contributed by atoms with Gasteiger partial charge in [-0.15, -0.1) is 0 Å². The van der Waals surface area contributed by atoms with Crippen molar-refractivity contribution < 1.29 is 9.47 Å². The number of piperazine rings is 1. The van der Waals surface area contributed by atoms with Crippen LogP contribution >= 0.6 is 0 Å². The zero-order valence-corrected chi connectivity index (χ0v) is 10.8. The highest BCUT2D eigenvalue weighted by molar-refractivity contribution is 5.57. The van der Waals surface area contributed by atoms with Crippen LogP contribution in [0, 0.1) is 0 Å². The molecule has 0 spiro atoms. The molecule has 3 rings (SSSR count). The number of benzene rings is 1. The lowest BCUT2D eigenvalue weighted by Gasteiger charge is -2.36. The molecule has 2 heterocycles. The Kier molecular flexibility index (Phi) is 3.28. The number of rotatable bonds is 1. The minimum absolute atomic E-state index is 0.517. The minimum atomic E-state index is 0.517. The van der Waals surface area contributed by atoms with E-state index in [4.69, 9.17) is 9.47 Å². The number of nitrogens with one attached hydrogen (secondary N) is 1. The van der Waals surface area contributed by atoms with Crippen molar-refractivity contribution in [1.82, 2.24) is 5.32 Å². The summed E-state index contributed by atoms with van der Waals surface area (Å²) in [6.07, 6.45) is 0.952. The maximum Gasteiger partial charge on any atom is 0.163 e. The molecule has 1 atom stereocenters. The van der Waals surface area contributed by atoms with Gasteiger partial charge in [-0.3, -0.25) is 0 Å². The van der Waals surface area contributed by atoms with E-state index in [1.54, 1.807) is 0 Å². The Labute approximate surface area is 108 Å².